The fourth-order valence-electron chi connectivity index (χ4n) is 2.80. The lowest BCUT2D eigenvalue weighted by molar-refractivity contribution is 0.0955. The first-order valence-corrected chi connectivity index (χ1v) is 8.22. The summed E-state index contributed by atoms with van der Waals surface area (Å²) in [5, 5.41) is 8.83. The van der Waals surface area contributed by atoms with Crippen LogP contribution in [-0.2, 0) is 0 Å². The van der Waals surface area contributed by atoms with E-state index in [4.69, 9.17) is 0 Å². The summed E-state index contributed by atoms with van der Waals surface area (Å²) in [6, 6.07) is 20.2. The number of anilines is 1. The molecule has 3 rings (SSSR count). The number of carbonyl (C=O) groups is 1. The predicted molar refractivity (Wildman–Crippen MR) is 101 cm³/mol. The van der Waals surface area contributed by atoms with Gasteiger partial charge in [0.2, 0.25) is 0 Å². The zero-order chi connectivity index (χ0) is 16.9. The van der Waals surface area contributed by atoms with Crippen LogP contribution in [-0.4, -0.2) is 19.0 Å². The second-order valence-corrected chi connectivity index (χ2v) is 6.02. The van der Waals surface area contributed by atoms with Gasteiger partial charge in [-0.25, -0.2) is 0 Å². The first-order chi connectivity index (χ1) is 11.6. The quantitative estimate of drug-likeness (QED) is 0.689. The van der Waals surface area contributed by atoms with Crippen LogP contribution in [0.5, 0.6) is 0 Å². The van der Waals surface area contributed by atoms with Crippen LogP contribution >= 0.6 is 0 Å². The highest BCUT2D eigenvalue weighted by Gasteiger charge is 2.05. The third kappa shape index (κ3) is 3.57. The van der Waals surface area contributed by atoms with Crippen LogP contribution < -0.4 is 10.6 Å². The average Bonchev–Trinajstić information content (AvgIpc) is 2.60. The molecule has 0 fully saturated rings. The van der Waals surface area contributed by atoms with Gasteiger partial charge in [-0.15, -0.1) is 0 Å². The number of aryl methyl sites for hydroxylation is 2. The summed E-state index contributed by atoms with van der Waals surface area (Å²) in [5.74, 6) is -0.0365. The highest BCUT2D eigenvalue weighted by Crippen LogP contribution is 2.25. The van der Waals surface area contributed by atoms with E-state index in [0.29, 0.717) is 18.7 Å². The Labute approximate surface area is 142 Å². The lowest BCUT2D eigenvalue weighted by Crippen LogP contribution is -2.28. The summed E-state index contributed by atoms with van der Waals surface area (Å²) >= 11 is 0. The molecule has 2 N–H and O–H groups in total. The maximum absolute atomic E-state index is 12.1. The van der Waals surface area contributed by atoms with E-state index in [2.05, 4.69) is 54.0 Å². The second-order valence-electron chi connectivity index (χ2n) is 6.02. The minimum absolute atomic E-state index is 0.0365. The molecule has 0 aliphatic carbocycles. The summed E-state index contributed by atoms with van der Waals surface area (Å²) < 4.78 is 0. The van der Waals surface area contributed by atoms with Gasteiger partial charge in [0, 0.05) is 29.7 Å². The van der Waals surface area contributed by atoms with Crippen LogP contribution in [0.25, 0.3) is 10.8 Å². The molecule has 0 aliphatic heterocycles. The number of hydrogen-bond donors (Lipinski definition) is 2. The topological polar surface area (TPSA) is 41.1 Å². The van der Waals surface area contributed by atoms with Crippen LogP contribution in [0.2, 0.25) is 0 Å². The zero-order valence-corrected chi connectivity index (χ0v) is 14.1. The fourth-order valence-corrected chi connectivity index (χ4v) is 2.80. The van der Waals surface area contributed by atoms with Crippen molar-refractivity contribution < 1.29 is 4.79 Å². The van der Waals surface area contributed by atoms with Gasteiger partial charge in [0.05, 0.1) is 0 Å². The molecule has 0 bridgehead atoms. The van der Waals surface area contributed by atoms with Crippen molar-refractivity contribution in [1.29, 1.82) is 0 Å². The molecule has 3 heteroatoms. The Morgan fingerprint density at radius 1 is 0.833 bits per heavy atom. The van der Waals surface area contributed by atoms with Gasteiger partial charge in [-0.1, -0.05) is 48.0 Å². The molecule has 1 amide bonds. The van der Waals surface area contributed by atoms with Crippen molar-refractivity contribution in [3.63, 3.8) is 0 Å². The molecule has 122 valence electrons. The lowest BCUT2D eigenvalue weighted by Gasteiger charge is -2.12. The third-order valence-electron chi connectivity index (χ3n) is 4.18. The maximum atomic E-state index is 12.1. The third-order valence-corrected chi connectivity index (χ3v) is 4.18. The molecule has 3 aromatic carbocycles. The standard InChI is InChI=1S/C21H22N2O/c1-15-9-11-17(12-10-15)21(24)23-14-13-22-20-8-4-6-18-16(2)5-3-7-19(18)20/h3-12,22H,13-14H2,1-2H3,(H,23,24). The highest BCUT2D eigenvalue weighted by atomic mass is 16.1. The number of rotatable bonds is 5. The average molecular weight is 318 g/mol. The monoisotopic (exact) mass is 318 g/mol. The molecule has 3 nitrogen and oxygen atoms in total. The molecule has 0 spiro atoms. The van der Waals surface area contributed by atoms with Crippen molar-refractivity contribution in [3.05, 3.63) is 77.4 Å². The van der Waals surface area contributed by atoms with E-state index in [-0.39, 0.29) is 5.91 Å². The van der Waals surface area contributed by atoms with Gasteiger partial charge in [0.15, 0.2) is 0 Å². The number of fused-ring (bicyclic) bond motifs is 1. The number of carbonyl (C=O) groups excluding carboxylic acids is 1. The van der Waals surface area contributed by atoms with Crippen molar-refractivity contribution in [2.75, 3.05) is 18.4 Å². The molecule has 24 heavy (non-hydrogen) atoms. The lowest BCUT2D eigenvalue weighted by atomic mass is 10.0. The van der Waals surface area contributed by atoms with Crippen molar-refractivity contribution >= 4 is 22.4 Å². The van der Waals surface area contributed by atoms with Crippen LogP contribution in [0, 0.1) is 13.8 Å². The Kier molecular flexibility index (Phi) is 4.80. The molecule has 0 saturated heterocycles. The Morgan fingerprint density at radius 3 is 2.33 bits per heavy atom. The fraction of sp³-hybridized carbons (Fsp3) is 0.190. The summed E-state index contributed by atoms with van der Waals surface area (Å²) in [6.45, 7) is 5.39. The van der Waals surface area contributed by atoms with Crippen LogP contribution in [0.4, 0.5) is 5.69 Å². The van der Waals surface area contributed by atoms with Crippen LogP contribution in [0.15, 0.2) is 60.7 Å². The summed E-state index contributed by atoms with van der Waals surface area (Å²) in [5.41, 5.74) is 4.21. The van der Waals surface area contributed by atoms with E-state index in [9.17, 15) is 4.79 Å². The van der Waals surface area contributed by atoms with Gasteiger partial charge in [-0.2, -0.15) is 0 Å². The number of amides is 1. The first kappa shape index (κ1) is 16.1. The Bertz CT molecular complexity index is 853. The number of hydrogen-bond acceptors (Lipinski definition) is 2. The van der Waals surface area contributed by atoms with Crippen molar-refractivity contribution in [2.45, 2.75) is 13.8 Å². The molecule has 0 unspecified atom stereocenters. The molecule has 0 aliphatic rings. The van der Waals surface area contributed by atoms with Gasteiger partial charge in [-0.05, 0) is 43.0 Å². The molecule has 0 atom stereocenters. The van der Waals surface area contributed by atoms with E-state index in [1.165, 1.54) is 16.3 Å². The number of nitrogens with one attached hydrogen (secondary N) is 2. The van der Waals surface area contributed by atoms with E-state index >= 15 is 0 Å². The zero-order valence-electron chi connectivity index (χ0n) is 14.1. The molecule has 3 aromatic rings. The van der Waals surface area contributed by atoms with Gasteiger partial charge >= 0.3 is 0 Å². The van der Waals surface area contributed by atoms with E-state index in [1.807, 2.05) is 31.2 Å². The number of benzene rings is 3. The van der Waals surface area contributed by atoms with Crippen LogP contribution in [0.1, 0.15) is 21.5 Å². The molecular weight excluding hydrogens is 296 g/mol. The summed E-state index contributed by atoms with van der Waals surface area (Å²) in [4.78, 5) is 12.1. The van der Waals surface area contributed by atoms with Gasteiger partial charge in [0.25, 0.3) is 5.91 Å². The summed E-state index contributed by atoms with van der Waals surface area (Å²) in [6.07, 6.45) is 0. The minimum atomic E-state index is -0.0365. The van der Waals surface area contributed by atoms with Gasteiger partial charge < -0.3 is 10.6 Å². The van der Waals surface area contributed by atoms with E-state index in [0.717, 1.165) is 11.3 Å². The predicted octanol–water partition coefficient (Wildman–Crippen LogP) is 4.30. The largest absolute Gasteiger partial charge is 0.383 e. The van der Waals surface area contributed by atoms with Gasteiger partial charge in [0.1, 0.15) is 0 Å². The Balaban J connectivity index is 1.58. The Morgan fingerprint density at radius 2 is 1.54 bits per heavy atom. The molecule has 0 radical (unpaired) electrons. The van der Waals surface area contributed by atoms with Crippen molar-refractivity contribution in [1.82, 2.24) is 5.32 Å². The highest BCUT2D eigenvalue weighted by molar-refractivity contribution is 5.96. The Hall–Kier alpha value is -2.81. The molecule has 0 aromatic heterocycles. The van der Waals surface area contributed by atoms with Crippen molar-refractivity contribution in [2.24, 2.45) is 0 Å². The SMILES string of the molecule is Cc1ccc(C(=O)NCCNc2cccc3c(C)cccc23)cc1. The van der Waals surface area contributed by atoms with E-state index in [1.54, 1.807) is 0 Å². The van der Waals surface area contributed by atoms with Gasteiger partial charge in [-0.3, -0.25) is 4.79 Å². The van der Waals surface area contributed by atoms with Crippen molar-refractivity contribution in [3.8, 4) is 0 Å². The smallest absolute Gasteiger partial charge is 0.251 e. The maximum Gasteiger partial charge on any atom is 0.251 e. The molecule has 0 heterocycles. The van der Waals surface area contributed by atoms with E-state index < -0.39 is 0 Å². The van der Waals surface area contributed by atoms with Crippen LogP contribution in [0.3, 0.4) is 0 Å². The molecule has 0 saturated carbocycles. The summed E-state index contributed by atoms with van der Waals surface area (Å²) in [7, 11) is 0. The minimum Gasteiger partial charge on any atom is -0.383 e. The second kappa shape index (κ2) is 7.18. The molecular formula is C21H22N2O. The first-order valence-electron chi connectivity index (χ1n) is 8.22. The normalized spacial score (nSPS) is 10.6.